The fourth-order valence-corrected chi connectivity index (χ4v) is 1.15. The van der Waals surface area contributed by atoms with Crippen LogP contribution in [0.4, 0.5) is 0 Å². The molecule has 0 aliphatic rings. The molecule has 0 spiro atoms. The second kappa shape index (κ2) is 6.11. The Balaban J connectivity index is 0.00000196. The number of carboxylic acids is 1. The average molecular weight is 213 g/mol. The molecule has 75 valence electrons. The Morgan fingerprint density at radius 1 is 1.00 bits per heavy atom. The van der Waals surface area contributed by atoms with E-state index in [1.807, 2.05) is 32.9 Å². The fourth-order valence-electron chi connectivity index (χ4n) is 1.15. The van der Waals surface area contributed by atoms with Crippen molar-refractivity contribution in [2.75, 3.05) is 0 Å². The van der Waals surface area contributed by atoms with Gasteiger partial charge in [0.25, 0.3) is 0 Å². The minimum Gasteiger partial charge on any atom is -0.478 e. The van der Waals surface area contributed by atoms with Crippen molar-refractivity contribution >= 4 is 41.1 Å². The average Bonchev–Trinajstić information content (AvgIpc) is 2.16. The summed E-state index contributed by atoms with van der Waals surface area (Å²) in [6.45, 7) is 6.12. The van der Waals surface area contributed by atoms with Gasteiger partial charge in [0.1, 0.15) is 0 Å². The minimum absolute atomic E-state index is 0. The van der Waals surface area contributed by atoms with Gasteiger partial charge in [-0.3, -0.25) is 0 Å². The summed E-state index contributed by atoms with van der Waals surface area (Å²) in [6.07, 6.45) is 0. The van der Waals surface area contributed by atoms with Gasteiger partial charge in [0.2, 0.25) is 0 Å². The number of allylic oxidation sites excluding steroid dienone is 2. The number of carboxylic acid groups (broad SMARTS) is 1. The van der Waals surface area contributed by atoms with Gasteiger partial charge in [0.05, 0.1) is 5.56 Å². The molecule has 1 aromatic rings. The summed E-state index contributed by atoms with van der Waals surface area (Å²) in [7, 11) is 0. The molecule has 0 saturated heterocycles. The van der Waals surface area contributed by atoms with Gasteiger partial charge in [-0.15, -0.1) is 0 Å². The van der Waals surface area contributed by atoms with Gasteiger partial charge in [-0.05, 0) is 44.0 Å². The van der Waals surface area contributed by atoms with Gasteiger partial charge in [-0.2, -0.15) is 0 Å². The van der Waals surface area contributed by atoms with E-state index in [4.69, 9.17) is 5.11 Å². The first-order valence-corrected chi connectivity index (χ1v) is 4.50. The van der Waals surface area contributed by atoms with Crippen molar-refractivity contribution in [1.29, 1.82) is 0 Å². The van der Waals surface area contributed by atoms with Gasteiger partial charge in [0, 0.05) is 29.6 Å². The molecule has 1 radical (unpaired) electrons. The van der Waals surface area contributed by atoms with E-state index in [2.05, 4.69) is 0 Å². The molecule has 1 aromatic carbocycles. The van der Waals surface area contributed by atoms with Gasteiger partial charge in [0.15, 0.2) is 0 Å². The molecule has 0 heterocycles. The molecule has 0 fully saturated rings. The second-order valence-electron chi connectivity index (χ2n) is 3.51. The van der Waals surface area contributed by atoms with E-state index in [0.29, 0.717) is 5.56 Å². The SMILES string of the molecule is CC(C)=C(C)c1ccc(C(=O)O)cc1.[Na]. The first-order valence-electron chi connectivity index (χ1n) is 4.50. The molecular weight excluding hydrogens is 199 g/mol. The second-order valence-corrected chi connectivity index (χ2v) is 3.51. The molecule has 0 aliphatic carbocycles. The van der Waals surface area contributed by atoms with E-state index in [0.717, 1.165) is 5.56 Å². The zero-order valence-electron chi connectivity index (χ0n) is 9.66. The summed E-state index contributed by atoms with van der Waals surface area (Å²) in [5, 5.41) is 8.71. The smallest absolute Gasteiger partial charge is 0.335 e. The Kier molecular flexibility index (Phi) is 5.88. The van der Waals surface area contributed by atoms with Crippen molar-refractivity contribution in [1.82, 2.24) is 0 Å². The molecular formula is C12H14NaO2. The quantitative estimate of drug-likeness (QED) is 0.767. The number of carbonyl (C=O) groups is 1. The number of hydrogen-bond acceptors (Lipinski definition) is 1. The first kappa shape index (κ1) is 14.4. The maximum Gasteiger partial charge on any atom is 0.335 e. The number of aromatic carboxylic acids is 1. The molecule has 3 heteroatoms. The molecule has 1 rings (SSSR count). The van der Waals surface area contributed by atoms with Gasteiger partial charge >= 0.3 is 5.97 Å². The van der Waals surface area contributed by atoms with Crippen molar-refractivity contribution in [3.8, 4) is 0 Å². The van der Waals surface area contributed by atoms with Crippen LogP contribution in [-0.2, 0) is 0 Å². The van der Waals surface area contributed by atoms with Crippen LogP contribution in [0.1, 0.15) is 36.7 Å². The van der Waals surface area contributed by atoms with E-state index in [1.54, 1.807) is 12.1 Å². The molecule has 0 aromatic heterocycles. The summed E-state index contributed by atoms with van der Waals surface area (Å²) < 4.78 is 0. The summed E-state index contributed by atoms with van der Waals surface area (Å²) in [5.41, 5.74) is 3.85. The van der Waals surface area contributed by atoms with Crippen molar-refractivity contribution in [2.24, 2.45) is 0 Å². The maximum absolute atomic E-state index is 10.6. The Labute approximate surface area is 112 Å². The van der Waals surface area contributed by atoms with E-state index in [1.165, 1.54) is 11.1 Å². The van der Waals surface area contributed by atoms with Crippen LogP contribution < -0.4 is 0 Å². The summed E-state index contributed by atoms with van der Waals surface area (Å²) in [6, 6.07) is 6.94. The summed E-state index contributed by atoms with van der Waals surface area (Å²) in [4.78, 5) is 10.6. The molecule has 1 N–H and O–H groups in total. The number of benzene rings is 1. The molecule has 0 aliphatic heterocycles. The summed E-state index contributed by atoms with van der Waals surface area (Å²) in [5.74, 6) is -0.883. The predicted molar refractivity (Wildman–Crippen MR) is 63.1 cm³/mol. The zero-order chi connectivity index (χ0) is 10.7. The third kappa shape index (κ3) is 3.82. The van der Waals surface area contributed by atoms with Gasteiger partial charge < -0.3 is 5.11 Å². The standard InChI is InChI=1S/C12H14O2.Na/c1-8(2)9(3)10-4-6-11(7-5-10)12(13)14;/h4-7H,1-3H3,(H,13,14);. The topological polar surface area (TPSA) is 37.3 Å². The third-order valence-corrected chi connectivity index (χ3v) is 2.31. The van der Waals surface area contributed by atoms with Gasteiger partial charge in [-0.25, -0.2) is 4.79 Å². The van der Waals surface area contributed by atoms with Crippen LogP contribution in [0, 0.1) is 0 Å². The van der Waals surface area contributed by atoms with Crippen molar-refractivity contribution < 1.29 is 9.90 Å². The molecule has 15 heavy (non-hydrogen) atoms. The van der Waals surface area contributed by atoms with Crippen LogP contribution in [0.3, 0.4) is 0 Å². The van der Waals surface area contributed by atoms with E-state index < -0.39 is 5.97 Å². The molecule has 0 amide bonds. The van der Waals surface area contributed by atoms with Crippen molar-refractivity contribution in [3.05, 3.63) is 41.0 Å². The number of hydrogen-bond donors (Lipinski definition) is 1. The molecule has 2 nitrogen and oxygen atoms in total. The van der Waals surface area contributed by atoms with Crippen molar-refractivity contribution in [2.45, 2.75) is 20.8 Å². The molecule has 0 atom stereocenters. The Morgan fingerprint density at radius 3 is 1.73 bits per heavy atom. The van der Waals surface area contributed by atoms with Crippen LogP contribution in [0.2, 0.25) is 0 Å². The van der Waals surface area contributed by atoms with E-state index in [9.17, 15) is 4.79 Å². The van der Waals surface area contributed by atoms with Crippen LogP contribution in [-0.4, -0.2) is 40.6 Å². The monoisotopic (exact) mass is 213 g/mol. The summed E-state index contributed by atoms with van der Waals surface area (Å²) >= 11 is 0. The Bertz CT molecular complexity index is 373. The third-order valence-electron chi connectivity index (χ3n) is 2.31. The molecule has 0 saturated carbocycles. The van der Waals surface area contributed by atoms with E-state index >= 15 is 0 Å². The van der Waals surface area contributed by atoms with Crippen LogP contribution in [0.5, 0.6) is 0 Å². The first-order chi connectivity index (χ1) is 6.52. The fraction of sp³-hybridized carbons (Fsp3) is 0.250. The normalized spacial score (nSPS) is 9.00. The Hall–Kier alpha value is -0.570. The van der Waals surface area contributed by atoms with Gasteiger partial charge in [-0.1, -0.05) is 17.7 Å². The largest absolute Gasteiger partial charge is 0.478 e. The van der Waals surface area contributed by atoms with Crippen LogP contribution in [0.15, 0.2) is 29.8 Å². The maximum atomic E-state index is 10.6. The molecule has 0 unspecified atom stereocenters. The molecule has 0 bridgehead atoms. The van der Waals surface area contributed by atoms with Crippen LogP contribution >= 0.6 is 0 Å². The van der Waals surface area contributed by atoms with Crippen molar-refractivity contribution in [3.63, 3.8) is 0 Å². The minimum atomic E-state index is -0.883. The number of rotatable bonds is 2. The van der Waals surface area contributed by atoms with E-state index in [-0.39, 0.29) is 29.6 Å². The predicted octanol–water partition coefficient (Wildman–Crippen LogP) is 2.82. The Morgan fingerprint density at radius 2 is 1.40 bits per heavy atom. The van der Waals surface area contributed by atoms with Crippen LogP contribution in [0.25, 0.3) is 5.57 Å². The zero-order valence-corrected chi connectivity index (χ0v) is 11.7.